The third-order valence-corrected chi connectivity index (χ3v) is 3.80. The molecule has 18 heavy (non-hydrogen) atoms. The minimum absolute atomic E-state index is 0.262. The lowest BCUT2D eigenvalue weighted by molar-refractivity contribution is 0.0922. The van der Waals surface area contributed by atoms with Gasteiger partial charge in [0.15, 0.2) is 0 Å². The average Bonchev–Trinajstić information content (AvgIpc) is 2.87. The van der Waals surface area contributed by atoms with Gasteiger partial charge in [-0.25, -0.2) is 9.97 Å². The number of aromatic nitrogens is 2. The first-order valence-corrected chi connectivity index (χ1v) is 6.84. The summed E-state index contributed by atoms with van der Waals surface area (Å²) in [6.07, 6.45) is 3.98. The summed E-state index contributed by atoms with van der Waals surface area (Å²) in [6, 6.07) is 3.70. The van der Waals surface area contributed by atoms with Crippen molar-refractivity contribution < 1.29 is 9.47 Å². The number of thiazole rings is 1. The van der Waals surface area contributed by atoms with Crippen molar-refractivity contribution in [1.82, 2.24) is 9.97 Å². The first-order chi connectivity index (χ1) is 8.85. The number of hydrogen-bond acceptors (Lipinski definition) is 5. The molecule has 0 aliphatic heterocycles. The fraction of sp³-hybridized carbons (Fsp3) is 0.385. The third-order valence-electron chi connectivity index (χ3n) is 3.20. The maximum absolute atomic E-state index is 5.79. The Balaban J connectivity index is 1.53. The minimum Gasteiger partial charge on any atom is -0.495 e. The Labute approximate surface area is 110 Å². The molecule has 1 saturated carbocycles. The van der Waals surface area contributed by atoms with Gasteiger partial charge in [0.05, 0.1) is 24.5 Å². The normalized spacial score (nSPS) is 22.3. The first kappa shape index (κ1) is 11.5. The second-order valence-corrected chi connectivity index (χ2v) is 5.08. The van der Waals surface area contributed by atoms with E-state index in [0.717, 1.165) is 18.6 Å². The number of rotatable bonds is 4. The molecule has 0 N–H and O–H groups in total. The van der Waals surface area contributed by atoms with Crippen LogP contribution in [0.1, 0.15) is 24.5 Å². The van der Waals surface area contributed by atoms with Crippen LogP contribution in [-0.4, -0.2) is 23.2 Å². The molecule has 0 radical (unpaired) electrons. The molecule has 1 aliphatic carbocycles. The van der Waals surface area contributed by atoms with Crippen molar-refractivity contribution in [2.45, 2.75) is 24.9 Å². The summed E-state index contributed by atoms with van der Waals surface area (Å²) in [5, 5.41) is 2.12. The summed E-state index contributed by atoms with van der Waals surface area (Å²) in [7, 11) is 1.63. The Morgan fingerprint density at radius 1 is 1.28 bits per heavy atom. The maximum atomic E-state index is 5.79. The van der Waals surface area contributed by atoms with Gasteiger partial charge in [-0.1, -0.05) is 0 Å². The molecule has 94 valence electrons. The number of nitrogens with zero attached hydrogens (tertiary/aromatic N) is 2. The van der Waals surface area contributed by atoms with Gasteiger partial charge in [-0.2, -0.15) is 0 Å². The molecular weight excluding hydrogens is 248 g/mol. The zero-order valence-electron chi connectivity index (χ0n) is 10.1. The largest absolute Gasteiger partial charge is 0.495 e. The number of ether oxygens (including phenoxy) is 2. The van der Waals surface area contributed by atoms with Gasteiger partial charge in [-0.15, -0.1) is 11.3 Å². The van der Waals surface area contributed by atoms with Crippen LogP contribution in [0.5, 0.6) is 11.6 Å². The van der Waals surface area contributed by atoms with Gasteiger partial charge >= 0.3 is 0 Å². The van der Waals surface area contributed by atoms with Crippen molar-refractivity contribution in [2.75, 3.05) is 7.11 Å². The smallest absolute Gasteiger partial charge is 0.213 e. The fourth-order valence-corrected chi connectivity index (χ4v) is 2.69. The van der Waals surface area contributed by atoms with E-state index in [-0.39, 0.29) is 6.10 Å². The molecule has 1 aliphatic rings. The highest BCUT2D eigenvalue weighted by Crippen LogP contribution is 2.38. The number of hydrogen-bond donors (Lipinski definition) is 0. The Kier molecular flexibility index (Phi) is 3.15. The van der Waals surface area contributed by atoms with E-state index in [0.29, 0.717) is 11.8 Å². The summed E-state index contributed by atoms with van der Waals surface area (Å²) in [5.41, 5.74) is 3.08. The lowest BCUT2D eigenvalue weighted by atomic mass is 9.80. The number of pyridine rings is 1. The van der Waals surface area contributed by atoms with Crippen LogP contribution in [0.3, 0.4) is 0 Å². The van der Waals surface area contributed by atoms with Crippen LogP contribution < -0.4 is 9.47 Å². The second kappa shape index (κ2) is 4.94. The SMILES string of the molecule is COc1ccc(OC2CC(c3cscn3)C2)nc1. The molecule has 5 heteroatoms. The molecule has 0 amide bonds. The van der Waals surface area contributed by atoms with E-state index in [4.69, 9.17) is 9.47 Å². The van der Waals surface area contributed by atoms with E-state index < -0.39 is 0 Å². The summed E-state index contributed by atoms with van der Waals surface area (Å²) >= 11 is 1.65. The Hall–Kier alpha value is -1.62. The van der Waals surface area contributed by atoms with Crippen LogP contribution in [0.15, 0.2) is 29.2 Å². The van der Waals surface area contributed by atoms with Gasteiger partial charge in [-0.05, 0) is 18.9 Å². The standard InChI is InChI=1S/C13H14N2O2S/c1-16-10-2-3-13(14-6-10)17-11-4-9(5-11)12-7-18-8-15-12/h2-3,6-9,11H,4-5H2,1H3. The van der Waals surface area contributed by atoms with Crippen molar-refractivity contribution >= 4 is 11.3 Å². The van der Waals surface area contributed by atoms with Gasteiger partial charge in [0.2, 0.25) is 5.88 Å². The summed E-state index contributed by atoms with van der Waals surface area (Å²) in [4.78, 5) is 8.53. The second-order valence-electron chi connectivity index (χ2n) is 4.36. The highest BCUT2D eigenvalue weighted by atomic mass is 32.1. The van der Waals surface area contributed by atoms with E-state index in [1.54, 1.807) is 24.6 Å². The molecule has 2 aromatic rings. The van der Waals surface area contributed by atoms with E-state index in [2.05, 4.69) is 15.3 Å². The van der Waals surface area contributed by atoms with E-state index in [1.165, 1.54) is 5.69 Å². The molecule has 0 spiro atoms. The molecule has 3 rings (SSSR count). The molecule has 2 heterocycles. The highest BCUT2D eigenvalue weighted by Gasteiger charge is 2.33. The van der Waals surface area contributed by atoms with Crippen molar-refractivity contribution in [1.29, 1.82) is 0 Å². The first-order valence-electron chi connectivity index (χ1n) is 5.90. The van der Waals surface area contributed by atoms with Crippen molar-refractivity contribution in [3.05, 3.63) is 34.9 Å². The van der Waals surface area contributed by atoms with Crippen LogP contribution in [-0.2, 0) is 0 Å². The van der Waals surface area contributed by atoms with Crippen molar-refractivity contribution in [3.8, 4) is 11.6 Å². The molecule has 0 bridgehead atoms. The van der Waals surface area contributed by atoms with Crippen LogP contribution in [0, 0.1) is 0 Å². The lowest BCUT2D eigenvalue weighted by Crippen LogP contribution is -2.32. The Morgan fingerprint density at radius 2 is 2.17 bits per heavy atom. The average molecular weight is 262 g/mol. The molecule has 0 atom stereocenters. The molecule has 1 fully saturated rings. The van der Waals surface area contributed by atoms with E-state index in [9.17, 15) is 0 Å². The van der Waals surface area contributed by atoms with Gasteiger partial charge in [0, 0.05) is 17.4 Å². The Bertz CT molecular complexity index is 492. The van der Waals surface area contributed by atoms with Gasteiger partial charge in [-0.3, -0.25) is 0 Å². The summed E-state index contributed by atoms with van der Waals surface area (Å²) in [5.74, 6) is 1.97. The molecule has 2 aromatic heterocycles. The van der Waals surface area contributed by atoms with Crippen LogP contribution in [0.25, 0.3) is 0 Å². The monoisotopic (exact) mass is 262 g/mol. The minimum atomic E-state index is 0.262. The van der Waals surface area contributed by atoms with Crippen LogP contribution in [0.2, 0.25) is 0 Å². The van der Waals surface area contributed by atoms with Crippen molar-refractivity contribution in [3.63, 3.8) is 0 Å². The van der Waals surface area contributed by atoms with Gasteiger partial charge in [0.1, 0.15) is 11.9 Å². The number of methoxy groups -OCH3 is 1. The zero-order valence-corrected chi connectivity index (χ0v) is 10.9. The van der Waals surface area contributed by atoms with Crippen LogP contribution in [0.4, 0.5) is 0 Å². The zero-order chi connectivity index (χ0) is 12.4. The predicted octanol–water partition coefficient (Wildman–Crippen LogP) is 2.87. The molecule has 4 nitrogen and oxygen atoms in total. The van der Waals surface area contributed by atoms with Crippen molar-refractivity contribution in [2.24, 2.45) is 0 Å². The molecule has 0 unspecified atom stereocenters. The predicted molar refractivity (Wildman–Crippen MR) is 69.3 cm³/mol. The lowest BCUT2D eigenvalue weighted by Gasteiger charge is -2.33. The molecular formula is C13H14N2O2S. The quantitative estimate of drug-likeness (QED) is 0.850. The van der Waals surface area contributed by atoms with E-state index >= 15 is 0 Å². The maximum Gasteiger partial charge on any atom is 0.213 e. The van der Waals surface area contributed by atoms with Gasteiger partial charge < -0.3 is 9.47 Å². The molecule has 0 aromatic carbocycles. The topological polar surface area (TPSA) is 44.2 Å². The molecule has 0 saturated heterocycles. The third kappa shape index (κ3) is 2.31. The van der Waals surface area contributed by atoms with E-state index in [1.807, 2.05) is 17.6 Å². The van der Waals surface area contributed by atoms with Gasteiger partial charge in [0.25, 0.3) is 0 Å². The summed E-state index contributed by atoms with van der Waals surface area (Å²) < 4.78 is 10.8. The fourth-order valence-electron chi connectivity index (χ4n) is 2.05. The summed E-state index contributed by atoms with van der Waals surface area (Å²) in [6.45, 7) is 0. The van der Waals surface area contributed by atoms with Crippen LogP contribution >= 0.6 is 11.3 Å². The Morgan fingerprint density at radius 3 is 2.78 bits per heavy atom. The highest BCUT2D eigenvalue weighted by molar-refractivity contribution is 7.07.